The Hall–Kier alpha value is -2.35. The molecule has 1 aromatic heterocycles. The molecule has 1 aromatic carbocycles. The minimum atomic E-state index is -0.305. The molecule has 150 valence electrons. The molecule has 3 rings (SSSR count). The maximum absolute atomic E-state index is 12.4. The Labute approximate surface area is 168 Å². The van der Waals surface area contributed by atoms with Crippen LogP contribution in [0.3, 0.4) is 0 Å². The van der Waals surface area contributed by atoms with Crippen LogP contribution in [0.1, 0.15) is 32.4 Å². The van der Waals surface area contributed by atoms with E-state index in [0.717, 1.165) is 42.3 Å². The molecule has 1 atom stereocenters. The highest BCUT2D eigenvalue weighted by Gasteiger charge is 2.17. The van der Waals surface area contributed by atoms with Gasteiger partial charge in [0.25, 0.3) is 5.56 Å². The number of carbonyl (C=O) groups excluding carboxylic acids is 1. The second-order valence-electron chi connectivity index (χ2n) is 6.81. The zero-order valence-electron chi connectivity index (χ0n) is 16.3. The summed E-state index contributed by atoms with van der Waals surface area (Å²) < 4.78 is 5.82. The Morgan fingerprint density at radius 3 is 2.82 bits per heavy atom. The molecular formula is C20H26N4O3S. The number of carbonyl (C=O) groups is 1. The lowest BCUT2D eigenvalue weighted by Gasteiger charge is -2.26. The number of aryl methyl sites for hydroxylation is 1. The summed E-state index contributed by atoms with van der Waals surface area (Å²) in [7, 11) is 0. The number of aromatic amines is 1. The molecule has 1 amide bonds. The Balaban J connectivity index is 1.66. The molecular weight excluding hydrogens is 376 g/mol. The molecule has 0 aliphatic carbocycles. The van der Waals surface area contributed by atoms with Crippen LogP contribution in [0.5, 0.6) is 5.75 Å². The Bertz CT molecular complexity index is 865. The highest BCUT2D eigenvalue weighted by molar-refractivity contribution is 7.99. The molecule has 1 aliphatic rings. The van der Waals surface area contributed by atoms with E-state index >= 15 is 0 Å². The van der Waals surface area contributed by atoms with E-state index in [9.17, 15) is 9.59 Å². The van der Waals surface area contributed by atoms with Gasteiger partial charge in [0.15, 0.2) is 5.82 Å². The first-order valence-electron chi connectivity index (χ1n) is 9.65. The second kappa shape index (κ2) is 9.73. The minimum Gasteiger partial charge on any atom is -0.491 e. The number of thioether (sulfide) groups is 1. The molecule has 1 aliphatic heterocycles. The summed E-state index contributed by atoms with van der Waals surface area (Å²) >= 11 is 1.86. The van der Waals surface area contributed by atoms with Gasteiger partial charge in [-0.25, -0.2) is 0 Å². The van der Waals surface area contributed by atoms with E-state index in [4.69, 9.17) is 4.74 Å². The number of benzene rings is 1. The van der Waals surface area contributed by atoms with Crippen molar-refractivity contribution in [1.82, 2.24) is 20.1 Å². The molecule has 28 heavy (non-hydrogen) atoms. The van der Waals surface area contributed by atoms with Gasteiger partial charge in [-0.2, -0.15) is 11.8 Å². The SMILES string of the molecule is CC[C@H](C)Oc1cccc(-c2nnc(CCC(=O)N3CCSCC3)c(=O)[nH]2)c1. The van der Waals surface area contributed by atoms with Crippen molar-refractivity contribution in [3.8, 4) is 17.1 Å². The summed E-state index contributed by atoms with van der Waals surface area (Å²) in [6, 6.07) is 7.42. The van der Waals surface area contributed by atoms with Gasteiger partial charge < -0.3 is 14.6 Å². The van der Waals surface area contributed by atoms with Crippen molar-refractivity contribution in [3.63, 3.8) is 0 Å². The lowest BCUT2D eigenvalue weighted by Crippen LogP contribution is -2.38. The zero-order chi connectivity index (χ0) is 19.9. The van der Waals surface area contributed by atoms with Crippen molar-refractivity contribution < 1.29 is 9.53 Å². The fourth-order valence-electron chi connectivity index (χ4n) is 2.88. The van der Waals surface area contributed by atoms with Crippen molar-refractivity contribution in [3.05, 3.63) is 40.3 Å². The Kier molecular flexibility index (Phi) is 7.08. The van der Waals surface area contributed by atoms with E-state index in [0.29, 0.717) is 12.2 Å². The first-order valence-corrected chi connectivity index (χ1v) is 10.8. The maximum atomic E-state index is 12.4. The van der Waals surface area contributed by atoms with Crippen LogP contribution in [-0.4, -0.2) is 56.7 Å². The molecule has 2 heterocycles. The first-order chi connectivity index (χ1) is 13.6. The number of amides is 1. The molecule has 8 heteroatoms. The molecule has 0 radical (unpaired) electrons. The van der Waals surface area contributed by atoms with Crippen molar-refractivity contribution in [2.75, 3.05) is 24.6 Å². The predicted molar refractivity (Wildman–Crippen MR) is 111 cm³/mol. The fraction of sp³-hybridized carbons (Fsp3) is 0.500. The molecule has 1 N–H and O–H groups in total. The first kappa shape index (κ1) is 20.4. The number of H-pyrrole nitrogens is 1. The van der Waals surface area contributed by atoms with Gasteiger partial charge in [0.1, 0.15) is 11.4 Å². The molecule has 0 spiro atoms. The minimum absolute atomic E-state index is 0.0699. The largest absolute Gasteiger partial charge is 0.491 e. The lowest BCUT2D eigenvalue weighted by molar-refractivity contribution is -0.130. The van der Waals surface area contributed by atoms with Gasteiger partial charge in [0, 0.05) is 43.0 Å². The summed E-state index contributed by atoms with van der Waals surface area (Å²) in [5.74, 6) is 3.13. The third-order valence-corrected chi connectivity index (χ3v) is 5.67. The van der Waals surface area contributed by atoms with Crippen LogP contribution < -0.4 is 10.3 Å². The standard InChI is InChI=1S/C20H26N4O3S/c1-3-14(2)27-16-6-4-5-15(13-16)19-21-20(26)17(22-23-19)7-8-18(25)24-9-11-28-12-10-24/h4-6,13-14H,3,7-12H2,1-2H3,(H,21,23,26)/t14-/m0/s1. The Morgan fingerprint density at radius 2 is 2.11 bits per heavy atom. The zero-order valence-corrected chi connectivity index (χ0v) is 17.1. The van der Waals surface area contributed by atoms with E-state index in [2.05, 4.69) is 22.1 Å². The summed E-state index contributed by atoms with van der Waals surface area (Å²) in [5.41, 5.74) is 0.717. The van der Waals surface area contributed by atoms with Crippen molar-refractivity contribution in [2.45, 2.75) is 39.2 Å². The van der Waals surface area contributed by atoms with Crippen molar-refractivity contribution >= 4 is 17.7 Å². The average molecular weight is 403 g/mol. The van der Waals surface area contributed by atoms with E-state index < -0.39 is 0 Å². The van der Waals surface area contributed by atoms with Crippen molar-refractivity contribution in [1.29, 1.82) is 0 Å². The van der Waals surface area contributed by atoms with Crippen LogP contribution in [-0.2, 0) is 11.2 Å². The van der Waals surface area contributed by atoms with E-state index in [1.54, 1.807) is 0 Å². The summed E-state index contributed by atoms with van der Waals surface area (Å²) in [4.78, 5) is 29.3. The third kappa shape index (κ3) is 5.34. The predicted octanol–water partition coefficient (Wildman–Crippen LogP) is 2.52. The van der Waals surface area contributed by atoms with E-state index in [1.165, 1.54) is 0 Å². The summed E-state index contributed by atoms with van der Waals surface area (Å²) in [6.45, 7) is 5.62. The molecule has 1 saturated heterocycles. The molecule has 2 aromatic rings. The number of hydrogen-bond donors (Lipinski definition) is 1. The van der Waals surface area contributed by atoms with Gasteiger partial charge in [0.2, 0.25) is 5.91 Å². The van der Waals surface area contributed by atoms with Crippen molar-refractivity contribution in [2.24, 2.45) is 0 Å². The molecule has 0 bridgehead atoms. The summed E-state index contributed by atoms with van der Waals surface area (Å²) in [6.07, 6.45) is 1.59. The van der Waals surface area contributed by atoms with Gasteiger partial charge in [-0.3, -0.25) is 9.59 Å². The van der Waals surface area contributed by atoms with E-state index in [-0.39, 0.29) is 29.7 Å². The van der Waals surface area contributed by atoms with Gasteiger partial charge in [-0.1, -0.05) is 19.1 Å². The monoisotopic (exact) mass is 402 g/mol. The van der Waals surface area contributed by atoms with Gasteiger partial charge >= 0.3 is 0 Å². The van der Waals surface area contributed by atoms with Gasteiger partial charge in [-0.15, -0.1) is 10.2 Å². The highest BCUT2D eigenvalue weighted by atomic mass is 32.2. The van der Waals surface area contributed by atoms with Crippen LogP contribution in [0.4, 0.5) is 0 Å². The second-order valence-corrected chi connectivity index (χ2v) is 8.03. The molecule has 0 unspecified atom stereocenters. The number of aromatic nitrogens is 3. The topological polar surface area (TPSA) is 88.2 Å². The maximum Gasteiger partial charge on any atom is 0.273 e. The van der Waals surface area contributed by atoms with Crippen LogP contribution in [0, 0.1) is 0 Å². The third-order valence-electron chi connectivity index (χ3n) is 4.72. The average Bonchev–Trinajstić information content (AvgIpc) is 2.73. The smallest absolute Gasteiger partial charge is 0.273 e. The summed E-state index contributed by atoms with van der Waals surface area (Å²) in [5, 5.41) is 8.22. The lowest BCUT2D eigenvalue weighted by atomic mass is 10.2. The fourth-order valence-corrected chi connectivity index (χ4v) is 3.79. The normalized spacial score (nSPS) is 15.3. The quantitative estimate of drug-likeness (QED) is 0.766. The van der Waals surface area contributed by atoms with E-state index in [1.807, 2.05) is 47.9 Å². The number of ether oxygens (including phenoxy) is 1. The number of hydrogen-bond acceptors (Lipinski definition) is 6. The molecule has 7 nitrogen and oxygen atoms in total. The van der Waals surface area contributed by atoms with Crippen LogP contribution in [0.15, 0.2) is 29.1 Å². The van der Waals surface area contributed by atoms with Crippen LogP contribution in [0.25, 0.3) is 11.4 Å². The number of nitrogens with zero attached hydrogens (tertiary/aromatic N) is 3. The molecule has 1 fully saturated rings. The van der Waals surface area contributed by atoms with Gasteiger partial charge in [-0.05, 0) is 25.5 Å². The van der Waals surface area contributed by atoms with Crippen LogP contribution in [0.2, 0.25) is 0 Å². The number of nitrogens with one attached hydrogen (secondary N) is 1. The number of rotatable bonds is 7. The van der Waals surface area contributed by atoms with Gasteiger partial charge in [0.05, 0.1) is 6.10 Å². The Morgan fingerprint density at radius 1 is 1.32 bits per heavy atom. The van der Waals surface area contributed by atoms with Crippen LogP contribution >= 0.6 is 11.8 Å². The molecule has 0 saturated carbocycles. The highest BCUT2D eigenvalue weighted by Crippen LogP contribution is 2.21.